The SMILES string of the molecule is CCN(CCNS(C)(=O)=O)c1ccc(/N=C2/C(C(C)(C)C)=Nn3nc(-c4ccc(N[SH](=O)=O)cc4)nc32)c(C)c1. The van der Waals surface area contributed by atoms with Crippen LogP contribution >= 0.6 is 0 Å². The number of likely N-dealkylation sites (N-methyl/N-ethyl adjacent to an activating group) is 1. The molecule has 0 bridgehead atoms. The van der Waals surface area contributed by atoms with E-state index in [0.717, 1.165) is 35.5 Å². The molecule has 3 aromatic rings. The van der Waals surface area contributed by atoms with E-state index in [-0.39, 0.29) is 5.41 Å². The number of nitrogens with one attached hydrogen (secondary N) is 2. The van der Waals surface area contributed by atoms with E-state index in [2.05, 4.69) is 40.2 Å². The maximum absolute atomic E-state index is 11.4. The van der Waals surface area contributed by atoms with Crippen LogP contribution in [0.4, 0.5) is 17.1 Å². The summed E-state index contributed by atoms with van der Waals surface area (Å²) >= 11 is 0. The second kappa shape index (κ2) is 11.5. The largest absolute Gasteiger partial charge is 0.370 e. The number of fused-ring (bicyclic) bond motifs is 1. The van der Waals surface area contributed by atoms with Gasteiger partial charge in [-0.2, -0.15) is 5.10 Å². The van der Waals surface area contributed by atoms with E-state index in [1.807, 2.05) is 32.0 Å². The van der Waals surface area contributed by atoms with E-state index in [1.54, 1.807) is 24.3 Å². The molecule has 0 spiro atoms. The van der Waals surface area contributed by atoms with Crippen LogP contribution in [0.1, 0.15) is 39.1 Å². The van der Waals surface area contributed by atoms with Crippen LogP contribution in [0.15, 0.2) is 52.6 Å². The number of benzene rings is 2. The second-order valence-corrected chi connectivity index (χ2v) is 13.0. The van der Waals surface area contributed by atoms with Crippen LogP contribution < -0.4 is 14.3 Å². The zero-order chi connectivity index (χ0) is 29.2. The first kappa shape index (κ1) is 29.4. The molecule has 0 unspecified atom stereocenters. The van der Waals surface area contributed by atoms with E-state index >= 15 is 0 Å². The number of nitrogens with zero attached hydrogens (tertiary/aromatic N) is 6. The van der Waals surface area contributed by atoms with E-state index in [9.17, 15) is 16.8 Å². The Balaban J connectivity index is 1.65. The van der Waals surface area contributed by atoms with Gasteiger partial charge >= 0.3 is 0 Å². The first-order valence-corrected chi connectivity index (χ1v) is 15.8. The first-order valence-electron chi connectivity index (χ1n) is 12.7. The van der Waals surface area contributed by atoms with Crippen LogP contribution in [0.3, 0.4) is 0 Å². The zero-order valence-electron chi connectivity index (χ0n) is 23.3. The summed E-state index contributed by atoms with van der Waals surface area (Å²) in [6.07, 6.45) is 1.15. The average molecular weight is 587 g/mol. The molecule has 0 fully saturated rings. The summed E-state index contributed by atoms with van der Waals surface area (Å²) in [5.41, 5.74) is 4.93. The lowest BCUT2D eigenvalue weighted by atomic mass is 9.87. The summed E-state index contributed by atoms with van der Waals surface area (Å²) in [6.45, 7) is 11.7. The Labute approximate surface area is 236 Å². The Morgan fingerprint density at radius 3 is 2.38 bits per heavy atom. The van der Waals surface area contributed by atoms with Crippen LogP contribution in [-0.4, -0.2) is 69.0 Å². The minimum absolute atomic E-state index is 0.316. The zero-order valence-corrected chi connectivity index (χ0v) is 25.0. The highest BCUT2D eigenvalue weighted by Gasteiger charge is 2.35. The molecular formula is C26H34N8O4S2. The number of hydrogen-bond donors (Lipinski definition) is 3. The van der Waals surface area contributed by atoms with Gasteiger partial charge in [0.25, 0.3) is 0 Å². The van der Waals surface area contributed by atoms with Crippen molar-refractivity contribution in [3.8, 4) is 11.4 Å². The van der Waals surface area contributed by atoms with Gasteiger partial charge in [-0.05, 0) is 61.9 Å². The predicted molar refractivity (Wildman–Crippen MR) is 160 cm³/mol. The van der Waals surface area contributed by atoms with Gasteiger partial charge in [0.15, 0.2) is 5.82 Å². The molecule has 0 amide bonds. The molecule has 214 valence electrons. The third kappa shape index (κ3) is 6.92. The molecule has 1 aromatic heterocycles. The number of sulfonamides is 1. The Bertz CT molecular complexity index is 1640. The molecule has 0 aliphatic carbocycles. The van der Waals surface area contributed by atoms with Gasteiger partial charge in [0.1, 0.15) is 5.71 Å². The topological polar surface area (TPSA) is 151 Å². The Kier molecular flexibility index (Phi) is 8.42. The molecule has 2 aromatic carbocycles. The van der Waals surface area contributed by atoms with E-state index < -0.39 is 20.9 Å². The molecule has 4 rings (SSSR count). The fraction of sp³-hybridized carbons (Fsp3) is 0.385. The van der Waals surface area contributed by atoms with E-state index in [4.69, 9.17) is 15.1 Å². The van der Waals surface area contributed by atoms with Gasteiger partial charge in [-0.3, -0.25) is 4.72 Å². The molecule has 0 atom stereocenters. The van der Waals surface area contributed by atoms with Crippen LogP contribution in [0.25, 0.3) is 11.4 Å². The lowest BCUT2D eigenvalue weighted by molar-refractivity contribution is 0.587. The quantitative estimate of drug-likeness (QED) is 0.309. The van der Waals surface area contributed by atoms with Crippen molar-refractivity contribution in [2.75, 3.05) is 35.5 Å². The maximum Gasteiger partial charge on any atom is 0.222 e. The van der Waals surface area contributed by atoms with Gasteiger partial charge in [-0.1, -0.05) is 20.8 Å². The lowest BCUT2D eigenvalue weighted by Gasteiger charge is -2.24. The van der Waals surface area contributed by atoms with Gasteiger partial charge < -0.3 is 4.90 Å². The molecule has 2 N–H and O–H groups in total. The molecule has 12 nitrogen and oxygen atoms in total. The molecule has 0 saturated heterocycles. The third-order valence-electron chi connectivity index (χ3n) is 6.20. The minimum Gasteiger partial charge on any atom is -0.370 e. The van der Waals surface area contributed by atoms with Crippen molar-refractivity contribution in [3.63, 3.8) is 0 Å². The van der Waals surface area contributed by atoms with Crippen LogP contribution in [-0.2, 0) is 20.9 Å². The van der Waals surface area contributed by atoms with E-state index in [1.165, 1.54) is 4.79 Å². The smallest absolute Gasteiger partial charge is 0.222 e. The van der Waals surface area contributed by atoms with E-state index in [0.29, 0.717) is 41.7 Å². The molecule has 14 heteroatoms. The van der Waals surface area contributed by atoms with Crippen molar-refractivity contribution in [1.82, 2.24) is 19.6 Å². The summed E-state index contributed by atoms with van der Waals surface area (Å²) in [5.74, 6) is 0.973. The molecule has 1 aliphatic heterocycles. The maximum atomic E-state index is 11.4. The Hall–Kier alpha value is -3.62. The van der Waals surface area contributed by atoms with Gasteiger partial charge in [0.05, 0.1) is 17.7 Å². The van der Waals surface area contributed by atoms with Crippen molar-refractivity contribution < 1.29 is 16.8 Å². The fourth-order valence-electron chi connectivity index (χ4n) is 4.22. The summed E-state index contributed by atoms with van der Waals surface area (Å²) in [7, 11) is -5.99. The number of anilines is 2. The van der Waals surface area contributed by atoms with Crippen molar-refractivity contribution in [2.24, 2.45) is 15.5 Å². The number of rotatable bonds is 10. The van der Waals surface area contributed by atoms with Gasteiger partial charge in [0.2, 0.25) is 26.7 Å². The summed E-state index contributed by atoms with van der Waals surface area (Å²) in [4.78, 5) is 13.3. The number of aromatic nitrogens is 3. The first-order chi connectivity index (χ1) is 18.7. The molecular weight excluding hydrogens is 552 g/mol. The monoisotopic (exact) mass is 586 g/mol. The summed E-state index contributed by atoms with van der Waals surface area (Å²) < 4.78 is 49.6. The van der Waals surface area contributed by atoms with Gasteiger partial charge in [-0.15, -0.1) is 9.89 Å². The standard InChI is InChI=1S/C26H34N8O4S2/c1-7-33(15-14-27-40(6,37)38)20-12-13-21(17(2)16-20)28-22-23(26(3,4)5)30-34-25(22)29-24(31-34)18-8-10-19(11-9-18)32-39(35)36/h8-13,16,27,39H,7,14-15H2,1-6H3,(H,32,35,36)/b28-22-. The number of hydrogen-bond acceptors (Lipinski definition) is 9. The van der Waals surface area contributed by atoms with Crippen molar-refractivity contribution in [1.29, 1.82) is 0 Å². The predicted octanol–water partition coefficient (Wildman–Crippen LogP) is 2.95. The van der Waals surface area contributed by atoms with Crippen LogP contribution in [0, 0.1) is 12.3 Å². The minimum atomic E-state index is -3.25. The highest BCUT2D eigenvalue weighted by atomic mass is 32.2. The molecule has 2 heterocycles. The van der Waals surface area contributed by atoms with Gasteiger partial charge in [-0.25, -0.2) is 31.5 Å². The van der Waals surface area contributed by atoms with Crippen LogP contribution in [0.5, 0.6) is 0 Å². The number of thiol groups is 1. The molecule has 0 saturated carbocycles. The molecule has 0 radical (unpaired) electrons. The molecule has 1 aliphatic rings. The number of aliphatic imine (C=N–C) groups is 1. The van der Waals surface area contributed by atoms with Crippen molar-refractivity contribution in [2.45, 2.75) is 34.6 Å². The summed E-state index contributed by atoms with van der Waals surface area (Å²) in [6, 6.07) is 12.7. The van der Waals surface area contributed by atoms with Gasteiger partial charge in [0, 0.05) is 42.0 Å². The Morgan fingerprint density at radius 2 is 1.80 bits per heavy atom. The summed E-state index contributed by atoms with van der Waals surface area (Å²) in [5, 5.41) is 9.28. The van der Waals surface area contributed by atoms with Crippen molar-refractivity contribution >= 4 is 49.4 Å². The van der Waals surface area contributed by atoms with Crippen molar-refractivity contribution in [3.05, 3.63) is 53.9 Å². The lowest BCUT2D eigenvalue weighted by Crippen LogP contribution is -2.34. The fourth-order valence-corrected chi connectivity index (χ4v) is 5.04. The Morgan fingerprint density at radius 1 is 1.10 bits per heavy atom. The van der Waals surface area contributed by atoms with Crippen LogP contribution in [0.2, 0.25) is 0 Å². The highest BCUT2D eigenvalue weighted by Crippen LogP contribution is 2.31. The highest BCUT2D eigenvalue weighted by molar-refractivity contribution is 7.88. The number of aryl methyl sites for hydroxylation is 1. The third-order valence-corrected chi connectivity index (χ3v) is 7.37. The molecule has 40 heavy (non-hydrogen) atoms. The second-order valence-electron chi connectivity index (χ2n) is 10.5. The average Bonchev–Trinajstić information content (AvgIpc) is 3.42. The normalized spacial score (nSPS) is 14.5.